The van der Waals surface area contributed by atoms with Crippen LogP contribution in [0.3, 0.4) is 0 Å². The number of rotatable bonds is 9. The number of nitrogens with one attached hydrogen (secondary N) is 1. The number of hydrogen-bond donors (Lipinski definition) is 1. The van der Waals surface area contributed by atoms with Crippen LogP contribution in [0, 0.1) is 6.92 Å². The first-order valence-corrected chi connectivity index (χ1v) is 13.0. The minimum Gasteiger partial charge on any atom is -0.376 e. The van der Waals surface area contributed by atoms with E-state index in [4.69, 9.17) is 4.74 Å². The summed E-state index contributed by atoms with van der Waals surface area (Å²) in [7, 11) is 0. The van der Waals surface area contributed by atoms with Crippen molar-refractivity contribution in [1.82, 2.24) is 25.2 Å². The molecule has 1 N–H and O–H groups in total. The normalized spacial score (nSPS) is 16.2. The lowest BCUT2D eigenvalue weighted by molar-refractivity contribution is -0.142. The maximum Gasteiger partial charge on any atom is 0.248 e. The third kappa shape index (κ3) is 5.32. The second-order valence-corrected chi connectivity index (χ2v) is 9.94. The summed E-state index contributed by atoms with van der Waals surface area (Å²) < 4.78 is 7.30. The van der Waals surface area contributed by atoms with Crippen molar-refractivity contribution in [1.29, 1.82) is 0 Å². The highest BCUT2D eigenvalue weighted by Crippen LogP contribution is 2.31. The Bertz CT molecular complexity index is 1330. The average molecular weight is 504 g/mol. The Kier molecular flexibility index (Phi) is 7.39. The summed E-state index contributed by atoms with van der Waals surface area (Å²) in [5.41, 5.74) is 3.42. The molecule has 3 heterocycles. The molecule has 36 heavy (non-hydrogen) atoms. The summed E-state index contributed by atoms with van der Waals surface area (Å²) in [6.07, 6.45) is 1.94. The van der Waals surface area contributed by atoms with Gasteiger partial charge in [-0.1, -0.05) is 47.7 Å². The quantitative estimate of drug-likeness (QED) is 0.375. The molecule has 1 fully saturated rings. The van der Waals surface area contributed by atoms with Crippen LogP contribution in [0.2, 0.25) is 0 Å². The Hall–Kier alpha value is -3.56. The number of para-hydroxylation sites is 1. The number of nitrogens with zero attached hydrogens (tertiary/aromatic N) is 4. The van der Waals surface area contributed by atoms with Gasteiger partial charge in [0.15, 0.2) is 0 Å². The fourth-order valence-electron chi connectivity index (χ4n) is 4.54. The van der Waals surface area contributed by atoms with Crippen molar-refractivity contribution in [2.45, 2.75) is 45.0 Å². The number of benzene rings is 2. The van der Waals surface area contributed by atoms with Gasteiger partial charge < -0.3 is 15.0 Å². The SMILES string of the molecule is Cc1ccsc1[C@@H](C(=O)NC[C@H]1CCCO1)N(Cc1ccccc1)C(=O)Cn1nnc2ccccc21. The molecule has 9 heteroatoms. The van der Waals surface area contributed by atoms with E-state index in [0.29, 0.717) is 13.1 Å². The fraction of sp³-hybridized carbons (Fsp3) is 0.333. The number of thiophene rings is 1. The van der Waals surface area contributed by atoms with Crippen molar-refractivity contribution in [3.63, 3.8) is 0 Å². The predicted octanol–water partition coefficient (Wildman–Crippen LogP) is 3.87. The van der Waals surface area contributed by atoms with Crippen molar-refractivity contribution >= 4 is 34.2 Å². The summed E-state index contributed by atoms with van der Waals surface area (Å²) in [5.74, 6) is -0.414. The largest absolute Gasteiger partial charge is 0.376 e. The van der Waals surface area contributed by atoms with Crippen LogP contribution in [0.4, 0.5) is 0 Å². The molecule has 1 aliphatic rings. The monoisotopic (exact) mass is 503 g/mol. The van der Waals surface area contributed by atoms with E-state index in [1.807, 2.05) is 73.0 Å². The van der Waals surface area contributed by atoms with Crippen LogP contribution in [0.5, 0.6) is 0 Å². The third-order valence-corrected chi connectivity index (χ3v) is 7.53. The Morgan fingerprint density at radius 3 is 2.72 bits per heavy atom. The second-order valence-electron chi connectivity index (χ2n) is 8.99. The van der Waals surface area contributed by atoms with Crippen LogP contribution < -0.4 is 5.32 Å². The van der Waals surface area contributed by atoms with Crippen molar-refractivity contribution in [2.24, 2.45) is 0 Å². The van der Waals surface area contributed by atoms with E-state index < -0.39 is 6.04 Å². The Balaban J connectivity index is 1.47. The number of fused-ring (bicyclic) bond motifs is 1. The van der Waals surface area contributed by atoms with Gasteiger partial charge in [0.2, 0.25) is 11.8 Å². The first-order chi connectivity index (χ1) is 17.6. The van der Waals surface area contributed by atoms with Crippen LogP contribution in [0.25, 0.3) is 11.0 Å². The maximum absolute atomic E-state index is 13.9. The van der Waals surface area contributed by atoms with Crippen molar-refractivity contribution in [3.05, 3.63) is 82.0 Å². The molecule has 186 valence electrons. The number of amides is 2. The van der Waals surface area contributed by atoms with E-state index >= 15 is 0 Å². The van der Waals surface area contributed by atoms with Gasteiger partial charge in [-0.2, -0.15) is 0 Å². The van der Waals surface area contributed by atoms with E-state index in [9.17, 15) is 9.59 Å². The summed E-state index contributed by atoms with van der Waals surface area (Å²) in [5, 5.41) is 13.4. The number of carbonyl (C=O) groups excluding carboxylic acids is 2. The molecular formula is C27H29N5O3S. The molecule has 2 aromatic carbocycles. The first-order valence-electron chi connectivity index (χ1n) is 12.1. The molecule has 0 unspecified atom stereocenters. The molecule has 0 bridgehead atoms. The minimum atomic E-state index is -0.770. The number of ether oxygens (including phenoxy) is 1. The molecule has 1 saturated heterocycles. The molecule has 0 aliphatic carbocycles. The van der Waals surface area contributed by atoms with Crippen LogP contribution in [-0.4, -0.2) is 51.0 Å². The Morgan fingerprint density at radius 1 is 1.17 bits per heavy atom. The topological polar surface area (TPSA) is 89.4 Å². The molecule has 0 spiro atoms. The van der Waals surface area contributed by atoms with Gasteiger partial charge in [-0.05, 0) is 54.5 Å². The summed E-state index contributed by atoms with van der Waals surface area (Å²) in [4.78, 5) is 30.1. The van der Waals surface area contributed by atoms with Gasteiger partial charge in [0.1, 0.15) is 18.1 Å². The summed E-state index contributed by atoms with van der Waals surface area (Å²) in [6.45, 7) is 3.40. The van der Waals surface area contributed by atoms with Crippen LogP contribution >= 0.6 is 11.3 Å². The first kappa shape index (κ1) is 24.1. The standard InChI is InChI=1S/C27H29N5O3S/c1-19-13-15-36-26(19)25(27(34)28-16-21-10-7-14-35-21)31(17-20-8-3-2-4-9-20)24(33)18-32-23-12-6-5-11-22(23)29-30-32/h2-6,8-9,11-13,15,21,25H,7,10,14,16-18H2,1H3,(H,28,34)/t21-,25+/m1/s1. The molecular weight excluding hydrogens is 474 g/mol. The molecule has 1 aliphatic heterocycles. The van der Waals surface area contributed by atoms with E-state index in [1.54, 1.807) is 9.58 Å². The minimum absolute atomic E-state index is 0.0128. The van der Waals surface area contributed by atoms with Crippen molar-refractivity contribution in [3.8, 4) is 0 Å². The van der Waals surface area contributed by atoms with Gasteiger partial charge >= 0.3 is 0 Å². The number of aromatic nitrogens is 3. The van der Waals surface area contributed by atoms with Gasteiger partial charge in [0, 0.05) is 24.6 Å². The van der Waals surface area contributed by atoms with Crippen molar-refractivity contribution < 1.29 is 14.3 Å². The number of aryl methyl sites for hydroxylation is 1. The smallest absolute Gasteiger partial charge is 0.248 e. The van der Waals surface area contributed by atoms with Crippen LogP contribution in [-0.2, 0) is 27.4 Å². The zero-order valence-electron chi connectivity index (χ0n) is 20.2. The number of hydrogen-bond acceptors (Lipinski definition) is 6. The molecule has 5 rings (SSSR count). The van der Waals surface area contributed by atoms with Gasteiger partial charge in [-0.15, -0.1) is 16.4 Å². The van der Waals surface area contributed by atoms with E-state index in [1.165, 1.54) is 11.3 Å². The van der Waals surface area contributed by atoms with Gasteiger partial charge in [-0.25, -0.2) is 4.68 Å². The van der Waals surface area contributed by atoms with Crippen LogP contribution in [0.15, 0.2) is 66.0 Å². The fourth-order valence-corrected chi connectivity index (χ4v) is 5.58. The molecule has 2 amide bonds. The highest BCUT2D eigenvalue weighted by atomic mass is 32.1. The Morgan fingerprint density at radius 2 is 1.97 bits per heavy atom. The molecule has 2 atom stereocenters. The van der Waals surface area contributed by atoms with E-state index in [-0.39, 0.29) is 24.5 Å². The van der Waals surface area contributed by atoms with Gasteiger partial charge in [0.25, 0.3) is 0 Å². The summed E-state index contributed by atoms with van der Waals surface area (Å²) >= 11 is 1.49. The van der Waals surface area contributed by atoms with Crippen LogP contribution in [0.1, 0.15) is 34.9 Å². The molecule has 4 aromatic rings. The zero-order chi connectivity index (χ0) is 24.9. The Labute approximate surface area is 213 Å². The van der Waals surface area contributed by atoms with E-state index in [0.717, 1.165) is 46.5 Å². The lowest BCUT2D eigenvalue weighted by Gasteiger charge is -2.31. The highest BCUT2D eigenvalue weighted by Gasteiger charge is 2.34. The molecule has 8 nitrogen and oxygen atoms in total. The molecule has 0 radical (unpaired) electrons. The van der Waals surface area contributed by atoms with Gasteiger partial charge in [0.05, 0.1) is 11.6 Å². The highest BCUT2D eigenvalue weighted by molar-refractivity contribution is 7.10. The van der Waals surface area contributed by atoms with Crippen molar-refractivity contribution in [2.75, 3.05) is 13.2 Å². The zero-order valence-corrected chi connectivity index (χ0v) is 21.0. The second kappa shape index (κ2) is 11.0. The molecule has 2 aromatic heterocycles. The molecule has 0 saturated carbocycles. The third-order valence-electron chi connectivity index (χ3n) is 6.46. The lowest BCUT2D eigenvalue weighted by atomic mass is 10.1. The van der Waals surface area contributed by atoms with Gasteiger partial charge in [-0.3, -0.25) is 9.59 Å². The predicted molar refractivity (Wildman–Crippen MR) is 138 cm³/mol. The number of carbonyl (C=O) groups is 2. The summed E-state index contributed by atoms with van der Waals surface area (Å²) in [6, 6.07) is 18.5. The lowest BCUT2D eigenvalue weighted by Crippen LogP contribution is -2.46. The van der Waals surface area contributed by atoms with E-state index in [2.05, 4.69) is 15.6 Å². The maximum atomic E-state index is 13.9. The average Bonchev–Trinajstić information content (AvgIpc) is 3.66.